The highest BCUT2D eigenvalue weighted by Gasteiger charge is 2.20. The van der Waals surface area contributed by atoms with Crippen molar-refractivity contribution < 1.29 is 4.42 Å². The van der Waals surface area contributed by atoms with Gasteiger partial charge in [0.15, 0.2) is 17.5 Å². The number of thiophene rings is 1. The van der Waals surface area contributed by atoms with Crippen molar-refractivity contribution in [3.8, 4) is 45.3 Å². The van der Waals surface area contributed by atoms with Crippen molar-refractivity contribution in [3.05, 3.63) is 164 Å². The van der Waals surface area contributed by atoms with Gasteiger partial charge in [0.1, 0.15) is 11.2 Å². The zero-order valence-electron chi connectivity index (χ0n) is 27.7. The van der Waals surface area contributed by atoms with Crippen LogP contribution >= 0.6 is 11.3 Å². The van der Waals surface area contributed by atoms with E-state index in [0.717, 1.165) is 44.0 Å². The molecular formula is C47H27N3OS. The zero-order valence-corrected chi connectivity index (χ0v) is 28.6. The van der Waals surface area contributed by atoms with E-state index in [4.69, 9.17) is 19.4 Å². The van der Waals surface area contributed by atoms with E-state index in [1.54, 1.807) is 0 Å². The minimum atomic E-state index is 0.610. The van der Waals surface area contributed by atoms with E-state index in [1.165, 1.54) is 47.5 Å². The molecule has 0 spiro atoms. The van der Waals surface area contributed by atoms with Gasteiger partial charge >= 0.3 is 0 Å². The lowest BCUT2D eigenvalue weighted by molar-refractivity contribution is 0.669. The summed E-state index contributed by atoms with van der Waals surface area (Å²) in [7, 11) is 0. The molecule has 0 saturated carbocycles. The van der Waals surface area contributed by atoms with Gasteiger partial charge in [-0.15, -0.1) is 11.3 Å². The Bertz CT molecular complexity index is 3180. The van der Waals surface area contributed by atoms with Crippen molar-refractivity contribution in [3.63, 3.8) is 0 Å². The van der Waals surface area contributed by atoms with Gasteiger partial charge in [0.2, 0.25) is 0 Å². The molecule has 8 aromatic carbocycles. The fourth-order valence-corrected chi connectivity index (χ4v) is 9.17. The molecule has 11 rings (SSSR count). The van der Waals surface area contributed by atoms with Gasteiger partial charge in [-0.1, -0.05) is 152 Å². The van der Waals surface area contributed by atoms with Gasteiger partial charge in [0.25, 0.3) is 0 Å². The highest BCUT2D eigenvalue weighted by atomic mass is 32.1. The van der Waals surface area contributed by atoms with Crippen LogP contribution in [0, 0.1) is 0 Å². The second kappa shape index (κ2) is 11.4. The molecule has 4 nitrogen and oxygen atoms in total. The highest BCUT2D eigenvalue weighted by molar-refractivity contribution is 7.27. The van der Waals surface area contributed by atoms with Crippen molar-refractivity contribution in [1.82, 2.24) is 15.0 Å². The van der Waals surface area contributed by atoms with Crippen LogP contribution in [0.5, 0.6) is 0 Å². The van der Waals surface area contributed by atoms with E-state index >= 15 is 0 Å². The Morgan fingerprint density at radius 1 is 0.346 bits per heavy atom. The van der Waals surface area contributed by atoms with Crippen molar-refractivity contribution in [2.75, 3.05) is 0 Å². The average Bonchev–Trinajstić information content (AvgIpc) is 3.80. The monoisotopic (exact) mass is 681 g/mol. The summed E-state index contributed by atoms with van der Waals surface area (Å²) in [5.41, 5.74) is 6.95. The normalized spacial score (nSPS) is 11.8. The standard InChI is InChI=1S/C47H27N3OS/c1-3-12-28(13-4-1)31-17-9-19-34-35-27-25-29-24-26-32-33(41(29)44(35)52-43(31)34)18-10-20-36(32)46-48-45(30-14-5-2-6-15-30)49-47(50-46)38-21-11-23-40-42(38)37-16-7-8-22-39(37)51-40/h1-27H. The van der Waals surface area contributed by atoms with E-state index < -0.39 is 0 Å². The maximum Gasteiger partial charge on any atom is 0.164 e. The fraction of sp³-hybridized carbons (Fsp3) is 0. The van der Waals surface area contributed by atoms with Crippen LogP contribution in [0.1, 0.15) is 0 Å². The van der Waals surface area contributed by atoms with Crippen LogP contribution in [0.25, 0.3) is 109 Å². The van der Waals surface area contributed by atoms with E-state index in [-0.39, 0.29) is 0 Å². The summed E-state index contributed by atoms with van der Waals surface area (Å²) in [4.78, 5) is 15.5. The molecule has 11 aromatic rings. The summed E-state index contributed by atoms with van der Waals surface area (Å²) >= 11 is 1.88. The number of hydrogen-bond acceptors (Lipinski definition) is 5. The molecular weight excluding hydrogens is 655 g/mol. The summed E-state index contributed by atoms with van der Waals surface area (Å²) in [6.45, 7) is 0. The van der Waals surface area contributed by atoms with Crippen LogP contribution in [-0.4, -0.2) is 15.0 Å². The molecule has 0 bridgehead atoms. The number of furan rings is 1. The Labute approximate surface area is 302 Å². The fourth-order valence-electron chi connectivity index (χ4n) is 7.76. The van der Waals surface area contributed by atoms with Crippen LogP contribution in [-0.2, 0) is 0 Å². The van der Waals surface area contributed by atoms with Crippen LogP contribution in [0.2, 0.25) is 0 Å². The quantitative estimate of drug-likeness (QED) is 0.174. The molecule has 5 heteroatoms. The molecule has 0 aliphatic heterocycles. The molecule has 0 saturated heterocycles. The molecule has 3 aromatic heterocycles. The Morgan fingerprint density at radius 3 is 1.75 bits per heavy atom. The SMILES string of the molecule is c1ccc(-c2nc(-c3cccc4c3ccc3ccc5c6cccc(-c7ccccc7)c6sc5c34)nc(-c3cccc4oc5ccccc5c34)n2)cc1. The van der Waals surface area contributed by atoms with Gasteiger partial charge in [-0.25, -0.2) is 15.0 Å². The number of nitrogens with zero attached hydrogens (tertiary/aromatic N) is 3. The van der Waals surface area contributed by atoms with Crippen molar-refractivity contribution in [2.45, 2.75) is 0 Å². The van der Waals surface area contributed by atoms with E-state index in [0.29, 0.717) is 17.5 Å². The summed E-state index contributed by atoms with van der Waals surface area (Å²) in [6.07, 6.45) is 0. The van der Waals surface area contributed by atoms with Gasteiger partial charge in [0, 0.05) is 53.0 Å². The predicted octanol–water partition coefficient (Wildman–Crippen LogP) is 13.1. The van der Waals surface area contributed by atoms with E-state index in [9.17, 15) is 0 Å². The lowest BCUT2D eigenvalue weighted by Gasteiger charge is -2.12. The van der Waals surface area contributed by atoms with Gasteiger partial charge in [0.05, 0.1) is 0 Å². The van der Waals surface area contributed by atoms with Crippen LogP contribution in [0.4, 0.5) is 0 Å². The van der Waals surface area contributed by atoms with Crippen LogP contribution in [0.3, 0.4) is 0 Å². The smallest absolute Gasteiger partial charge is 0.164 e. The van der Waals surface area contributed by atoms with E-state index in [1.807, 2.05) is 59.9 Å². The van der Waals surface area contributed by atoms with Crippen molar-refractivity contribution in [2.24, 2.45) is 0 Å². The summed E-state index contributed by atoms with van der Waals surface area (Å²) < 4.78 is 8.86. The second-order valence-electron chi connectivity index (χ2n) is 13.1. The first kappa shape index (κ1) is 29.1. The number of fused-ring (bicyclic) bond motifs is 10. The molecule has 242 valence electrons. The zero-order chi connectivity index (χ0) is 34.2. The molecule has 0 radical (unpaired) electrons. The second-order valence-corrected chi connectivity index (χ2v) is 14.1. The van der Waals surface area contributed by atoms with Crippen molar-refractivity contribution in [1.29, 1.82) is 0 Å². The molecule has 52 heavy (non-hydrogen) atoms. The number of rotatable bonds is 4. The maximum absolute atomic E-state index is 6.26. The Kier molecular flexibility index (Phi) is 6.39. The molecule has 0 atom stereocenters. The lowest BCUT2D eigenvalue weighted by atomic mass is 9.96. The lowest BCUT2D eigenvalue weighted by Crippen LogP contribution is -2.00. The first-order valence-corrected chi connectivity index (χ1v) is 18.2. The third-order valence-corrected chi connectivity index (χ3v) is 11.4. The third-order valence-electron chi connectivity index (χ3n) is 10.1. The third kappa shape index (κ3) is 4.43. The van der Waals surface area contributed by atoms with Crippen LogP contribution in [0.15, 0.2) is 168 Å². The Balaban J connectivity index is 1.18. The minimum Gasteiger partial charge on any atom is -0.456 e. The Hall–Kier alpha value is -6.69. The number of para-hydroxylation sites is 1. The van der Waals surface area contributed by atoms with Crippen molar-refractivity contribution >= 4 is 75.0 Å². The molecule has 3 heterocycles. The van der Waals surface area contributed by atoms with E-state index in [2.05, 4.69) is 115 Å². The average molecular weight is 682 g/mol. The molecule has 0 aliphatic carbocycles. The summed E-state index contributed by atoms with van der Waals surface area (Å²) in [6, 6.07) is 57.2. The van der Waals surface area contributed by atoms with Gasteiger partial charge in [-0.3, -0.25) is 0 Å². The number of benzene rings is 8. The van der Waals surface area contributed by atoms with Crippen LogP contribution < -0.4 is 0 Å². The number of hydrogen-bond donors (Lipinski definition) is 0. The van der Waals surface area contributed by atoms with Gasteiger partial charge in [-0.2, -0.15) is 0 Å². The molecule has 0 fully saturated rings. The largest absolute Gasteiger partial charge is 0.456 e. The molecule has 0 aliphatic rings. The summed E-state index contributed by atoms with van der Waals surface area (Å²) in [5, 5.41) is 9.35. The summed E-state index contributed by atoms with van der Waals surface area (Å²) in [5.74, 6) is 1.87. The first-order valence-electron chi connectivity index (χ1n) is 17.4. The Morgan fingerprint density at radius 2 is 0.923 bits per heavy atom. The minimum absolute atomic E-state index is 0.610. The topological polar surface area (TPSA) is 51.8 Å². The predicted molar refractivity (Wildman–Crippen MR) is 217 cm³/mol. The first-order chi connectivity index (χ1) is 25.8. The van der Waals surface area contributed by atoms with Gasteiger partial charge < -0.3 is 4.42 Å². The maximum atomic E-state index is 6.26. The number of aromatic nitrogens is 3. The highest BCUT2D eigenvalue weighted by Crippen LogP contribution is 2.45. The molecule has 0 unspecified atom stereocenters. The molecule has 0 amide bonds. The molecule has 0 N–H and O–H groups in total. The van der Waals surface area contributed by atoms with Gasteiger partial charge in [-0.05, 0) is 39.4 Å².